The Morgan fingerprint density at radius 3 is 2.70 bits per heavy atom. The predicted octanol–water partition coefficient (Wildman–Crippen LogP) is 2.26. The first-order valence-electron chi connectivity index (χ1n) is 6.91. The van der Waals surface area contributed by atoms with Crippen LogP contribution in [0.3, 0.4) is 0 Å². The lowest BCUT2D eigenvalue weighted by molar-refractivity contribution is -0.136. The Balaban J connectivity index is 2.94. The van der Waals surface area contributed by atoms with Crippen molar-refractivity contribution in [1.82, 2.24) is 9.97 Å². The summed E-state index contributed by atoms with van der Waals surface area (Å²) < 4.78 is 5.54. The van der Waals surface area contributed by atoms with Crippen LogP contribution in [0.5, 0.6) is 5.88 Å². The van der Waals surface area contributed by atoms with Crippen LogP contribution in [0.1, 0.15) is 39.3 Å². The molecule has 0 radical (unpaired) electrons. The van der Waals surface area contributed by atoms with E-state index in [1.807, 2.05) is 32.6 Å². The molecule has 0 unspecified atom stereocenters. The second kappa shape index (κ2) is 7.67. The van der Waals surface area contributed by atoms with E-state index in [-0.39, 0.29) is 12.5 Å². The second-order valence-electron chi connectivity index (χ2n) is 4.93. The van der Waals surface area contributed by atoms with Crippen LogP contribution in [0.2, 0.25) is 0 Å². The maximum Gasteiger partial charge on any atom is 0.305 e. The van der Waals surface area contributed by atoms with Gasteiger partial charge in [-0.05, 0) is 27.2 Å². The number of aryl methyl sites for hydroxylation is 1. The van der Waals surface area contributed by atoms with Gasteiger partial charge in [0.1, 0.15) is 0 Å². The fraction of sp³-hybridized carbons (Fsp3) is 0.643. The van der Waals surface area contributed by atoms with E-state index in [1.54, 1.807) is 6.07 Å². The lowest BCUT2D eigenvalue weighted by Gasteiger charge is -2.26. The quantitative estimate of drug-likeness (QED) is 0.787. The third-order valence-electron chi connectivity index (χ3n) is 2.72. The molecule has 0 aliphatic carbocycles. The third kappa shape index (κ3) is 5.03. The first-order chi connectivity index (χ1) is 9.43. The molecular formula is C14H23N3O3. The molecule has 0 saturated carbocycles. The summed E-state index contributed by atoms with van der Waals surface area (Å²) in [7, 11) is 0. The van der Waals surface area contributed by atoms with Crippen molar-refractivity contribution in [3.8, 4) is 5.88 Å². The van der Waals surface area contributed by atoms with E-state index in [1.165, 1.54) is 0 Å². The van der Waals surface area contributed by atoms with Crippen LogP contribution in [-0.2, 0) is 4.79 Å². The van der Waals surface area contributed by atoms with E-state index in [0.29, 0.717) is 25.0 Å². The van der Waals surface area contributed by atoms with Crippen LogP contribution >= 0.6 is 0 Å². The fourth-order valence-electron chi connectivity index (χ4n) is 1.74. The molecule has 0 spiro atoms. The van der Waals surface area contributed by atoms with Gasteiger partial charge in [-0.2, -0.15) is 4.98 Å². The number of aromatic nitrogens is 2. The number of carboxylic acid groups (broad SMARTS) is 1. The summed E-state index contributed by atoms with van der Waals surface area (Å²) in [5.74, 6) is 0.230. The Labute approximate surface area is 119 Å². The molecule has 1 aromatic rings. The molecule has 1 rings (SSSR count). The molecule has 0 aromatic carbocycles. The van der Waals surface area contributed by atoms with Crippen molar-refractivity contribution in [3.63, 3.8) is 0 Å². The van der Waals surface area contributed by atoms with Crippen LogP contribution in [0, 0.1) is 6.92 Å². The highest BCUT2D eigenvalue weighted by atomic mass is 16.5. The Bertz CT molecular complexity index is 449. The molecule has 6 nitrogen and oxygen atoms in total. The lowest BCUT2D eigenvalue weighted by atomic mass is 10.3. The van der Waals surface area contributed by atoms with Crippen molar-refractivity contribution in [2.75, 3.05) is 18.1 Å². The number of anilines is 1. The van der Waals surface area contributed by atoms with Crippen molar-refractivity contribution in [1.29, 1.82) is 0 Å². The summed E-state index contributed by atoms with van der Waals surface area (Å²) in [5.41, 5.74) is 0.807. The van der Waals surface area contributed by atoms with Crippen LogP contribution in [0.4, 0.5) is 5.95 Å². The topological polar surface area (TPSA) is 75.5 Å². The smallest absolute Gasteiger partial charge is 0.305 e. The number of ether oxygens (including phenoxy) is 1. The number of rotatable bonds is 8. The van der Waals surface area contributed by atoms with Crippen molar-refractivity contribution in [2.24, 2.45) is 0 Å². The average molecular weight is 281 g/mol. The molecule has 0 bridgehead atoms. The van der Waals surface area contributed by atoms with Crippen LogP contribution in [0.15, 0.2) is 6.07 Å². The van der Waals surface area contributed by atoms with Gasteiger partial charge >= 0.3 is 5.97 Å². The summed E-state index contributed by atoms with van der Waals surface area (Å²) >= 11 is 0. The Kier molecular flexibility index (Phi) is 6.21. The monoisotopic (exact) mass is 281 g/mol. The van der Waals surface area contributed by atoms with Gasteiger partial charge in [0.25, 0.3) is 0 Å². The van der Waals surface area contributed by atoms with Crippen molar-refractivity contribution in [3.05, 3.63) is 11.8 Å². The van der Waals surface area contributed by atoms with Gasteiger partial charge in [-0.3, -0.25) is 4.79 Å². The maximum atomic E-state index is 10.7. The Hall–Kier alpha value is -1.85. The molecule has 0 aliphatic rings. The van der Waals surface area contributed by atoms with Gasteiger partial charge in [0.05, 0.1) is 13.0 Å². The average Bonchev–Trinajstić information content (AvgIpc) is 2.35. The first-order valence-corrected chi connectivity index (χ1v) is 6.91. The van der Waals surface area contributed by atoms with Crippen molar-refractivity contribution in [2.45, 2.75) is 46.6 Å². The Morgan fingerprint density at radius 2 is 2.15 bits per heavy atom. The summed E-state index contributed by atoms with van der Waals surface area (Å²) in [5, 5.41) is 8.82. The molecule has 112 valence electrons. The summed E-state index contributed by atoms with van der Waals surface area (Å²) in [4.78, 5) is 21.4. The second-order valence-corrected chi connectivity index (χ2v) is 4.93. The SMILES string of the molecule is CCCOc1cc(C)nc(N(CCC(=O)O)C(C)C)n1. The van der Waals surface area contributed by atoms with Crippen molar-refractivity contribution >= 4 is 11.9 Å². The largest absolute Gasteiger partial charge is 0.481 e. The van der Waals surface area contributed by atoms with Gasteiger partial charge in [0.2, 0.25) is 11.8 Å². The molecule has 20 heavy (non-hydrogen) atoms. The van der Waals surface area contributed by atoms with E-state index in [9.17, 15) is 4.79 Å². The minimum absolute atomic E-state index is 0.0562. The first kappa shape index (κ1) is 16.2. The van der Waals surface area contributed by atoms with Crippen molar-refractivity contribution < 1.29 is 14.6 Å². The number of carboxylic acids is 1. The molecule has 6 heteroatoms. The van der Waals surface area contributed by atoms with E-state index in [4.69, 9.17) is 9.84 Å². The summed E-state index contributed by atoms with van der Waals surface area (Å²) in [6.45, 7) is 8.86. The molecule has 1 N–H and O–H groups in total. The highest BCUT2D eigenvalue weighted by molar-refractivity contribution is 5.67. The standard InChI is InChI=1S/C14H23N3O3/c1-5-8-20-12-9-11(4)15-14(16-12)17(10(2)3)7-6-13(18)19/h9-10H,5-8H2,1-4H3,(H,18,19). The highest BCUT2D eigenvalue weighted by Gasteiger charge is 2.16. The zero-order valence-corrected chi connectivity index (χ0v) is 12.6. The van der Waals surface area contributed by atoms with Crippen LogP contribution < -0.4 is 9.64 Å². The summed E-state index contributed by atoms with van der Waals surface area (Å²) in [6.07, 6.45) is 0.964. The molecule has 0 amide bonds. The number of carbonyl (C=O) groups is 1. The van der Waals surface area contributed by atoms with Gasteiger partial charge in [-0.15, -0.1) is 0 Å². The van der Waals surface area contributed by atoms with Crippen LogP contribution in [-0.4, -0.2) is 40.2 Å². The van der Waals surface area contributed by atoms with Gasteiger partial charge in [-0.1, -0.05) is 6.92 Å². The van der Waals surface area contributed by atoms with Gasteiger partial charge in [0.15, 0.2) is 0 Å². The normalized spacial score (nSPS) is 10.7. The maximum absolute atomic E-state index is 10.7. The van der Waals surface area contributed by atoms with E-state index < -0.39 is 5.97 Å². The number of hydrogen-bond acceptors (Lipinski definition) is 5. The number of aliphatic carboxylic acids is 1. The molecular weight excluding hydrogens is 258 g/mol. The number of hydrogen-bond donors (Lipinski definition) is 1. The molecule has 0 aliphatic heterocycles. The molecule has 1 heterocycles. The predicted molar refractivity (Wildman–Crippen MR) is 77.3 cm³/mol. The van der Waals surface area contributed by atoms with Gasteiger partial charge in [0, 0.05) is 24.3 Å². The molecule has 0 fully saturated rings. The van der Waals surface area contributed by atoms with Crippen LogP contribution in [0.25, 0.3) is 0 Å². The van der Waals surface area contributed by atoms with Gasteiger partial charge < -0.3 is 14.7 Å². The van der Waals surface area contributed by atoms with Gasteiger partial charge in [-0.25, -0.2) is 4.98 Å². The minimum Gasteiger partial charge on any atom is -0.481 e. The minimum atomic E-state index is -0.828. The molecule has 0 saturated heterocycles. The highest BCUT2D eigenvalue weighted by Crippen LogP contribution is 2.18. The zero-order valence-electron chi connectivity index (χ0n) is 12.6. The van der Waals surface area contributed by atoms with E-state index >= 15 is 0 Å². The zero-order chi connectivity index (χ0) is 15.1. The lowest BCUT2D eigenvalue weighted by Crippen LogP contribution is -2.34. The molecule has 0 atom stereocenters. The van der Waals surface area contributed by atoms with E-state index in [0.717, 1.165) is 12.1 Å². The third-order valence-corrected chi connectivity index (χ3v) is 2.72. The molecule has 1 aromatic heterocycles. The summed E-state index contributed by atoms with van der Waals surface area (Å²) in [6, 6.07) is 1.91. The fourth-order valence-corrected chi connectivity index (χ4v) is 1.74. The number of nitrogens with zero attached hydrogens (tertiary/aromatic N) is 3. The Morgan fingerprint density at radius 1 is 1.45 bits per heavy atom. The van der Waals surface area contributed by atoms with E-state index in [2.05, 4.69) is 9.97 Å².